The van der Waals surface area contributed by atoms with Crippen LogP contribution in [0.5, 0.6) is 5.88 Å². The fourth-order valence-corrected chi connectivity index (χ4v) is 2.13. The van der Waals surface area contributed by atoms with E-state index in [0.29, 0.717) is 5.88 Å². The Morgan fingerprint density at radius 3 is 2.68 bits per heavy atom. The number of rotatable bonds is 5. The summed E-state index contributed by atoms with van der Waals surface area (Å²) >= 11 is 0. The molecule has 0 aliphatic carbocycles. The van der Waals surface area contributed by atoms with E-state index in [-0.39, 0.29) is 0 Å². The fourth-order valence-electron chi connectivity index (χ4n) is 2.13. The molecule has 0 saturated carbocycles. The highest BCUT2D eigenvalue weighted by atomic mass is 16.5. The van der Waals surface area contributed by atoms with Gasteiger partial charge in [-0.1, -0.05) is 0 Å². The van der Waals surface area contributed by atoms with Gasteiger partial charge >= 0.3 is 0 Å². The Morgan fingerprint density at radius 2 is 2.05 bits per heavy atom. The van der Waals surface area contributed by atoms with Crippen LogP contribution in [0, 0.1) is 13.8 Å². The monoisotopic (exact) mass is 259 g/mol. The van der Waals surface area contributed by atoms with Crippen molar-refractivity contribution in [3.8, 4) is 5.88 Å². The predicted molar refractivity (Wildman–Crippen MR) is 76.2 cm³/mol. The smallest absolute Gasteiger partial charge is 0.213 e. The van der Waals surface area contributed by atoms with Crippen molar-refractivity contribution in [3.63, 3.8) is 0 Å². The lowest BCUT2D eigenvalue weighted by molar-refractivity contribution is 0.397. The second kappa shape index (κ2) is 5.89. The van der Waals surface area contributed by atoms with Crippen molar-refractivity contribution < 1.29 is 4.74 Å². The normalized spacial score (nSPS) is 10.7. The van der Waals surface area contributed by atoms with Gasteiger partial charge in [0.05, 0.1) is 7.11 Å². The van der Waals surface area contributed by atoms with Gasteiger partial charge in [0.2, 0.25) is 5.88 Å². The lowest BCUT2D eigenvalue weighted by Crippen LogP contribution is -2.13. The van der Waals surface area contributed by atoms with Gasteiger partial charge in [0, 0.05) is 43.8 Å². The first-order valence-corrected chi connectivity index (χ1v) is 6.43. The van der Waals surface area contributed by atoms with Crippen LogP contribution in [-0.4, -0.2) is 16.7 Å². The van der Waals surface area contributed by atoms with Crippen molar-refractivity contribution in [2.24, 2.45) is 7.05 Å². The molecule has 0 aliphatic heterocycles. The maximum Gasteiger partial charge on any atom is 0.213 e. The van der Waals surface area contributed by atoms with E-state index in [1.165, 1.54) is 22.5 Å². The average Bonchev–Trinajstić information content (AvgIpc) is 2.67. The zero-order valence-corrected chi connectivity index (χ0v) is 12.0. The van der Waals surface area contributed by atoms with E-state index < -0.39 is 0 Å². The van der Waals surface area contributed by atoms with Gasteiger partial charge in [0.1, 0.15) is 0 Å². The third-order valence-electron chi connectivity index (χ3n) is 3.53. The Kier molecular flexibility index (Phi) is 4.22. The van der Waals surface area contributed by atoms with Crippen LogP contribution in [0.2, 0.25) is 0 Å². The Morgan fingerprint density at radius 1 is 1.26 bits per heavy atom. The molecule has 0 unspecified atom stereocenters. The number of nitrogens with zero attached hydrogens (tertiary/aromatic N) is 2. The van der Waals surface area contributed by atoms with E-state index in [0.717, 1.165) is 13.1 Å². The van der Waals surface area contributed by atoms with E-state index in [1.54, 1.807) is 13.3 Å². The number of ether oxygens (including phenoxy) is 1. The molecule has 0 atom stereocenters. The topological polar surface area (TPSA) is 39.1 Å². The molecule has 0 bridgehead atoms. The molecule has 0 aromatic carbocycles. The van der Waals surface area contributed by atoms with E-state index in [9.17, 15) is 0 Å². The van der Waals surface area contributed by atoms with Gasteiger partial charge in [0.15, 0.2) is 0 Å². The Bertz CT molecular complexity index is 561. The van der Waals surface area contributed by atoms with Crippen LogP contribution in [0.4, 0.5) is 0 Å². The molecule has 0 amide bonds. The van der Waals surface area contributed by atoms with Gasteiger partial charge in [-0.25, -0.2) is 4.98 Å². The summed E-state index contributed by atoms with van der Waals surface area (Å²) in [5.74, 6) is 0.658. The highest BCUT2D eigenvalue weighted by molar-refractivity contribution is 5.26. The molecule has 0 radical (unpaired) electrons. The quantitative estimate of drug-likeness (QED) is 0.895. The minimum atomic E-state index is 0.658. The zero-order chi connectivity index (χ0) is 13.8. The molecular weight excluding hydrogens is 238 g/mol. The van der Waals surface area contributed by atoms with Crippen LogP contribution in [-0.2, 0) is 20.1 Å². The van der Waals surface area contributed by atoms with Crippen molar-refractivity contribution in [3.05, 3.63) is 46.9 Å². The molecular formula is C15H21N3O. The molecule has 4 heteroatoms. The minimum absolute atomic E-state index is 0.658. The first-order valence-electron chi connectivity index (χ1n) is 6.43. The van der Waals surface area contributed by atoms with Gasteiger partial charge in [0.25, 0.3) is 0 Å². The molecule has 1 N–H and O–H groups in total. The SMILES string of the molecule is COc1cc(CNCc2cc(C)n(C)c2C)ccn1. The van der Waals surface area contributed by atoms with E-state index in [2.05, 4.69) is 41.8 Å². The van der Waals surface area contributed by atoms with Gasteiger partial charge in [-0.15, -0.1) is 0 Å². The summed E-state index contributed by atoms with van der Waals surface area (Å²) in [5.41, 5.74) is 5.13. The Hall–Kier alpha value is -1.81. The number of hydrogen-bond acceptors (Lipinski definition) is 3. The molecule has 2 rings (SSSR count). The summed E-state index contributed by atoms with van der Waals surface area (Å²) < 4.78 is 7.33. The van der Waals surface area contributed by atoms with E-state index in [4.69, 9.17) is 4.74 Å². The van der Waals surface area contributed by atoms with E-state index >= 15 is 0 Å². The van der Waals surface area contributed by atoms with Crippen LogP contribution < -0.4 is 10.1 Å². The standard InChI is InChI=1S/C15H21N3O/c1-11-7-14(12(2)18(11)3)10-16-9-13-5-6-17-15(8-13)19-4/h5-8,16H,9-10H2,1-4H3. The van der Waals surface area contributed by atoms with Crippen LogP contribution in [0.25, 0.3) is 0 Å². The third kappa shape index (κ3) is 3.15. The predicted octanol–water partition coefficient (Wildman–Crippen LogP) is 2.34. The number of aromatic nitrogens is 2. The Labute approximate surface area is 114 Å². The van der Waals surface area contributed by atoms with Crippen molar-refractivity contribution in [1.29, 1.82) is 0 Å². The van der Waals surface area contributed by atoms with Crippen molar-refractivity contribution in [2.45, 2.75) is 26.9 Å². The van der Waals surface area contributed by atoms with Crippen LogP contribution in [0.15, 0.2) is 24.4 Å². The van der Waals surface area contributed by atoms with Gasteiger partial charge in [-0.2, -0.15) is 0 Å². The number of nitrogens with one attached hydrogen (secondary N) is 1. The molecule has 0 spiro atoms. The molecule has 2 heterocycles. The lowest BCUT2D eigenvalue weighted by Gasteiger charge is -2.06. The summed E-state index contributed by atoms with van der Waals surface area (Å²) in [6, 6.07) is 6.18. The summed E-state index contributed by atoms with van der Waals surface area (Å²) in [4.78, 5) is 4.10. The van der Waals surface area contributed by atoms with Crippen LogP contribution in [0.3, 0.4) is 0 Å². The number of aryl methyl sites for hydroxylation is 1. The summed E-state index contributed by atoms with van der Waals surface area (Å²) in [6.07, 6.45) is 1.77. The third-order valence-corrected chi connectivity index (χ3v) is 3.53. The molecule has 0 fully saturated rings. The summed E-state index contributed by atoms with van der Waals surface area (Å²) in [7, 11) is 3.73. The summed E-state index contributed by atoms with van der Waals surface area (Å²) in [5, 5.41) is 3.45. The highest BCUT2D eigenvalue weighted by Gasteiger charge is 2.05. The maximum atomic E-state index is 5.12. The molecule has 102 valence electrons. The summed E-state index contributed by atoms with van der Waals surface area (Å²) in [6.45, 7) is 5.97. The van der Waals surface area contributed by atoms with Crippen molar-refractivity contribution in [1.82, 2.24) is 14.9 Å². The second-order valence-corrected chi connectivity index (χ2v) is 4.77. The van der Waals surface area contributed by atoms with Crippen LogP contribution in [0.1, 0.15) is 22.5 Å². The average molecular weight is 259 g/mol. The van der Waals surface area contributed by atoms with Gasteiger partial charge in [-0.3, -0.25) is 0 Å². The molecule has 0 aliphatic rings. The number of methoxy groups -OCH3 is 1. The van der Waals surface area contributed by atoms with E-state index in [1.807, 2.05) is 12.1 Å². The maximum absolute atomic E-state index is 5.12. The minimum Gasteiger partial charge on any atom is -0.481 e. The highest BCUT2D eigenvalue weighted by Crippen LogP contribution is 2.13. The largest absolute Gasteiger partial charge is 0.481 e. The van der Waals surface area contributed by atoms with Crippen LogP contribution >= 0.6 is 0 Å². The lowest BCUT2D eigenvalue weighted by atomic mass is 10.2. The van der Waals surface area contributed by atoms with Gasteiger partial charge < -0.3 is 14.6 Å². The molecule has 0 saturated heterocycles. The Balaban J connectivity index is 1.94. The zero-order valence-electron chi connectivity index (χ0n) is 12.0. The number of hydrogen-bond donors (Lipinski definition) is 1. The van der Waals surface area contributed by atoms with Crippen molar-refractivity contribution in [2.75, 3.05) is 7.11 Å². The second-order valence-electron chi connectivity index (χ2n) is 4.77. The fraction of sp³-hybridized carbons (Fsp3) is 0.400. The first kappa shape index (κ1) is 13.6. The molecule has 19 heavy (non-hydrogen) atoms. The molecule has 4 nitrogen and oxygen atoms in total. The molecule has 2 aromatic heterocycles. The molecule has 2 aromatic rings. The first-order chi connectivity index (χ1) is 9.11. The van der Waals surface area contributed by atoms with Gasteiger partial charge in [-0.05, 0) is 37.1 Å². The van der Waals surface area contributed by atoms with Crippen molar-refractivity contribution >= 4 is 0 Å². The number of pyridine rings is 1.